The zero-order valence-electron chi connectivity index (χ0n) is 9.00. The number of pyridine rings is 1. The highest BCUT2D eigenvalue weighted by atomic mass is 35.5. The van der Waals surface area contributed by atoms with E-state index in [-0.39, 0.29) is 23.0 Å². The van der Waals surface area contributed by atoms with E-state index < -0.39 is 18.2 Å². The number of methoxy groups -OCH3 is 1. The van der Waals surface area contributed by atoms with Crippen molar-refractivity contribution in [3.63, 3.8) is 0 Å². The van der Waals surface area contributed by atoms with Crippen LogP contribution < -0.4 is 0 Å². The van der Waals surface area contributed by atoms with Gasteiger partial charge in [0.25, 0.3) is 0 Å². The lowest BCUT2D eigenvalue weighted by Crippen LogP contribution is -2.23. The number of nitrogens with zero attached hydrogens (tertiary/aromatic N) is 1. The predicted octanol–water partition coefficient (Wildman–Crippen LogP) is 0.398. The standard InChI is InChI=1S/C10H12ClNO5/c1-17-8(15)4-7(14)9(16)5-2-3-6(13)10(11)12-5/h2-3,7,9,13-14,16H,4H2,1H3. The molecular weight excluding hydrogens is 250 g/mol. The predicted molar refractivity (Wildman–Crippen MR) is 58.5 cm³/mol. The van der Waals surface area contributed by atoms with E-state index in [2.05, 4.69) is 9.72 Å². The number of rotatable bonds is 4. The molecule has 1 heterocycles. The minimum absolute atomic E-state index is 0.0594. The molecule has 94 valence electrons. The van der Waals surface area contributed by atoms with Gasteiger partial charge in [0, 0.05) is 0 Å². The van der Waals surface area contributed by atoms with Crippen molar-refractivity contribution in [2.45, 2.75) is 18.6 Å². The summed E-state index contributed by atoms with van der Waals surface area (Å²) >= 11 is 5.55. The summed E-state index contributed by atoms with van der Waals surface area (Å²) in [5.41, 5.74) is 0.0594. The molecule has 0 radical (unpaired) electrons. The monoisotopic (exact) mass is 261 g/mol. The molecule has 0 aromatic carbocycles. The highest BCUT2D eigenvalue weighted by Gasteiger charge is 2.23. The lowest BCUT2D eigenvalue weighted by molar-refractivity contribution is -0.144. The Hall–Kier alpha value is -1.37. The molecule has 1 rings (SSSR count). The van der Waals surface area contributed by atoms with Gasteiger partial charge >= 0.3 is 5.97 Å². The maximum Gasteiger partial charge on any atom is 0.308 e. The van der Waals surface area contributed by atoms with E-state index in [1.807, 2.05) is 0 Å². The zero-order chi connectivity index (χ0) is 13.0. The molecule has 6 nitrogen and oxygen atoms in total. The first-order chi connectivity index (χ1) is 7.95. The molecule has 0 fully saturated rings. The number of hydrogen-bond acceptors (Lipinski definition) is 6. The minimum atomic E-state index is -1.38. The van der Waals surface area contributed by atoms with Gasteiger partial charge in [-0.2, -0.15) is 0 Å². The number of aromatic hydroxyl groups is 1. The summed E-state index contributed by atoms with van der Waals surface area (Å²) in [6, 6.07) is 2.53. The van der Waals surface area contributed by atoms with Crippen molar-refractivity contribution >= 4 is 17.6 Å². The van der Waals surface area contributed by atoms with Crippen LogP contribution in [0.5, 0.6) is 5.75 Å². The number of halogens is 1. The first kappa shape index (κ1) is 13.7. The Morgan fingerprint density at radius 2 is 2.18 bits per heavy atom. The summed E-state index contributed by atoms with van der Waals surface area (Å²) in [6.45, 7) is 0. The van der Waals surface area contributed by atoms with E-state index in [1.54, 1.807) is 0 Å². The zero-order valence-corrected chi connectivity index (χ0v) is 9.76. The Balaban J connectivity index is 2.77. The topological polar surface area (TPSA) is 99.9 Å². The number of aliphatic hydroxyl groups excluding tert-OH is 2. The molecule has 17 heavy (non-hydrogen) atoms. The van der Waals surface area contributed by atoms with Crippen molar-refractivity contribution in [2.24, 2.45) is 0 Å². The fourth-order valence-corrected chi connectivity index (χ4v) is 1.33. The summed E-state index contributed by atoms with van der Waals surface area (Å²) < 4.78 is 4.35. The van der Waals surface area contributed by atoms with Crippen molar-refractivity contribution in [2.75, 3.05) is 7.11 Å². The van der Waals surface area contributed by atoms with Gasteiger partial charge < -0.3 is 20.1 Å². The minimum Gasteiger partial charge on any atom is -0.505 e. The molecule has 0 spiro atoms. The van der Waals surface area contributed by atoms with E-state index >= 15 is 0 Å². The molecule has 7 heteroatoms. The Morgan fingerprint density at radius 3 is 2.71 bits per heavy atom. The van der Waals surface area contributed by atoms with E-state index in [1.165, 1.54) is 19.2 Å². The van der Waals surface area contributed by atoms with Gasteiger partial charge in [0.2, 0.25) is 0 Å². The third kappa shape index (κ3) is 3.55. The van der Waals surface area contributed by atoms with Crippen molar-refractivity contribution in [1.82, 2.24) is 4.98 Å². The number of carbonyl (C=O) groups is 1. The van der Waals surface area contributed by atoms with Crippen molar-refractivity contribution in [3.05, 3.63) is 23.0 Å². The summed E-state index contributed by atoms with van der Waals surface area (Å²) in [7, 11) is 1.18. The number of aliphatic hydroxyl groups is 2. The van der Waals surface area contributed by atoms with E-state index in [4.69, 9.17) is 16.7 Å². The summed E-state index contributed by atoms with van der Waals surface area (Å²) in [5.74, 6) is -0.883. The molecule has 0 saturated carbocycles. The van der Waals surface area contributed by atoms with Crippen LogP contribution in [0, 0.1) is 0 Å². The average molecular weight is 262 g/mol. The average Bonchev–Trinajstić information content (AvgIpc) is 2.31. The Morgan fingerprint density at radius 1 is 1.53 bits per heavy atom. The quantitative estimate of drug-likeness (QED) is 0.536. The summed E-state index contributed by atoms with van der Waals surface area (Å²) in [4.78, 5) is 14.6. The largest absolute Gasteiger partial charge is 0.505 e. The van der Waals surface area contributed by atoms with E-state index in [0.29, 0.717) is 0 Å². The van der Waals surface area contributed by atoms with Crippen LogP contribution in [0.25, 0.3) is 0 Å². The molecule has 0 bridgehead atoms. The summed E-state index contributed by atoms with van der Waals surface area (Å²) in [6.07, 6.45) is -3.10. The molecule has 2 unspecified atom stereocenters. The molecule has 0 aliphatic carbocycles. The second-order valence-corrected chi connectivity index (χ2v) is 3.70. The first-order valence-electron chi connectivity index (χ1n) is 4.74. The van der Waals surface area contributed by atoms with Gasteiger partial charge in [0.15, 0.2) is 10.9 Å². The fourth-order valence-electron chi connectivity index (χ4n) is 1.17. The lowest BCUT2D eigenvalue weighted by Gasteiger charge is -2.16. The molecule has 1 aromatic heterocycles. The number of carbonyl (C=O) groups excluding carboxylic acids is 1. The van der Waals surface area contributed by atoms with Crippen LogP contribution in [0.15, 0.2) is 12.1 Å². The normalized spacial score (nSPS) is 14.1. The maximum absolute atomic E-state index is 10.9. The molecular formula is C10H12ClNO5. The van der Waals surface area contributed by atoms with Crippen LogP contribution in [-0.2, 0) is 9.53 Å². The van der Waals surface area contributed by atoms with Gasteiger partial charge in [-0.1, -0.05) is 11.6 Å². The van der Waals surface area contributed by atoms with Gasteiger partial charge in [-0.3, -0.25) is 4.79 Å². The SMILES string of the molecule is COC(=O)CC(O)C(O)c1ccc(O)c(Cl)n1. The van der Waals surface area contributed by atoms with Crippen LogP contribution in [0.4, 0.5) is 0 Å². The van der Waals surface area contributed by atoms with Gasteiger partial charge in [-0.25, -0.2) is 4.98 Å². The molecule has 1 aromatic rings. The van der Waals surface area contributed by atoms with Crippen molar-refractivity contribution < 1.29 is 24.9 Å². The Kier molecular flexibility index (Phi) is 4.68. The van der Waals surface area contributed by atoms with Crippen LogP contribution in [-0.4, -0.2) is 39.5 Å². The second-order valence-electron chi connectivity index (χ2n) is 3.34. The Labute approximate surface area is 102 Å². The van der Waals surface area contributed by atoms with Gasteiger partial charge in [-0.15, -0.1) is 0 Å². The first-order valence-corrected chi connectivity index (χ1v) is 5.12. The van der Waals surface area contributed by atoms with Crippen LogP contribution >= 0.6 is 11.6 Å². The second kappa shape index (κ2) is 5.81. The lowest BCUT2D eigenvalue weighted by atomic mass is 10.1. The third-order valence-electron chi connectivity index (χ3n) is 2.12. The molecule has 0 amide bonds. The molecule has 2 atom stereocenters. The van der Waals surface area contributed by atoms with Crippen molar-refractivity contribution in [1.29, 1.82) is 0 Å². The summed E-state index contributed by atoms with van der Waals surface area (Å²) in [5, 5.41) is 28.2. The van der Waals surface area contributed by atoms with Gasteiger partial charge in [-0.05, 0) is 12.1 Å². The number of aromatic nitrogens is 1. The fraction of sp³-hybridized carbons (Fsp3) is 0.400. The molecule has 0 saturated heterocycles. The molecule has 3 N–H and O–H groups in total. The van der Waals surface area contributed by atoms with Crippen LogP contribution in [0.2, 0.25) is 5.15 Å². The highest BCUT2D eigenvalue weighted by Crippen LogP contribution is 2.24. The van der Waals surface area contributed by atoms with Gasteiger partial charge in [0.1, 0.15) is 6.10 Å². The van der Waals surface area contributed by atoms with Crippen LogP contribution in [0.1, 0.15) is 18.2 Å². The number of ether oxygens (including phenoxy) is 1. The van der Waals surface area contributed by atoms with Gasteiger partial charge in [0.05, 0.1) is 25.3 Å². The smallest absolute Gasteiger partial charge is 0.308 e. The van der Waals surface area contributed by atoms with E-state index in [9.17, 15) is 15.0 Å². The molecule has 0 aliphatic rings. The molecule has 0 aliphatic heterocycles. The Bertz CT molecular complexity index is 412. The van der Waals surface area contributed by atoms with Crippen LogP contribution in [0.3, 0.4) is 0 Å². The highest BCUT2D eigenvalue weighted by molar-refractivity contribution is 6.30. The van der Waals surface area contributed by atoms with E-state index in [0.717, 1.165) is 0 Å². The number of esters is 1. The van der Waals surface area contributed by atoms with Crippen molar-refractivity contribution in [3.8, 4) is 5.75 Å². The number of hydrogen-bond donors (Lipinski definition) is 3. The third-order valence-corrected chi connectivity index (χ3v) is 2.40. The maximum atomic E-state index is 10.9.